The number of piperazine rings is 1. The van der Waals surface area contributed by atoms with Gasteiger partial charge in [0.15, 0.2) is 17.8 Å². The molecule has 0 spiro atoms. The van der Waals surface area contributed by atoms with Gasteiger partial charge in [-0.15, -0.1) is 5.10 Å². The van der Waals surface area contributed by atoms with Crippen LogP contribution < -0.4 is 20.5 Å². The zero-order chi connectivity index (χ0) is 34.1. The van der Waals surface area contributed by atoms with Gasteiger partial charge >= 0.3 is 0 Å². The Bertz CT molecular complexity index is 2160. The summed E-state index contributed by atoms with van der Waals surface area (Å²) in [5.41, 5.74) is 3.21. The lowest BCUT2D eigenvalue weighted by molar-refractivity contribution is -0.187. The molecule has 5 heterocycles. The molecular formula is C35H39N9O5. The summed E-state index contributed by atoms with van der Waals surface area (Å²) in [6.45, 7) is 8.10. The number of anilines is 1. The molecule has 0 unspecified atom stereocenters. The molecule has 9 rings (SSSR count). The van der Waals surface area contributed by atoms with Crippen LogP contribution in [0.3, 0.4) is 0 Å². The van der Waals surface area contributed by atoms with Gasteiger partial charge < -0.3 is 28.8 Å². The Labute approximate surface area is 282 Å². The van der Waals surface area contributed by atoms with Crippen LogP contribution in [0, 0.1) is 11.3 Å². The fourth-order valence-electron chi connectivity index (χ4n) is 8.16. The number of oxazole rings is 1. The summed E-state index contributed by atoms with van der Waals surface area (Å²) < 4.78 is 13.9. The van der Waals surface area contributed by atoms with E-state index < -0.39 is 0 Å². The summed E-state index contributed by atoms with van der Waals surface area (Å²) in [5, 5.41) is 7.98. The molecule has 1 N–H and O–H groups in total. The molecule has 3 saturated carbocycles. The van der Waals surface area contributed by atoms with E-state index in [1.165, 1.54) is 18.0 Å². The van der Waals surface area contributed by atoms with Crippen LogP contribution in [0.4, 0.5) is 5.69 Å². The molecule has 3 aliphatic carbocycles. The lowest BCUT2D eigenvalue weighted by Gasteiger charge is -2.72. The largest absolute Gasteiger partial charge is 0.481 e. The predicted octanol–water partition coefficient (Wildman–Crippen LogP) is 3.32. The summed E-state index contributed by atoms with van der Waals surface area (Å²) in [6, 6.07) is 8.80. The van der Waals surface area contributed by atoms with Crippen molar-refractivity contribution in [3.8, 4) is 17.3 Å². The first-order valence-corrected chi connectivity index (χ1v) is 16.8. The van der Waals surface area contributed by atoms with E-state index >= 15 is 0 Å². The van der Waals surface area contributed by atoms with E-state index in [-0.39, 0.29) is 35.2 Å². The van der Waals surface area contributed by atoms with Crippen molar-refractivity contribution in [2.24, 2.45) is 11.3 Å². The Balaban J connectivity index is 1.13. The smallest absolute Gasteiger partial charge is 0.299 e. The quantitative estimate of drug-likeness (QED) is 0.248. The number of aromatic nitrogens is 6. The Hall–Kier alpha value is -5.27. The second-order valence-corrected chi connectivity index (χ2v) is 13.9. The van der Waals surface area contributed by atoms with Gasteiger partial charge in [-0.2, -0.15) is 9.50 Å². The first-order valence-electron chi connectivity index (χ1n) is 16.8. The van der Waals surface area contributed by atoms with E-state index in [4.69, 9.17) is 14.1 Å². The highest BCUT2D eigenvalue weighted by molar-refractivity contribution is 6.04. The molecule has 1 saturated heterocycles. The standard InChI is InChI=1S/C35H39N9O5/c1-5-25-28(41-11-13-42(14-12-41)31(46)23-7-6-8-24-29(23)49-20-37-24)32(47)44-33(38-30(40-44)22-9-10-36-27(15-22)48-4)43(25)16-26(45)39-35-17-34(18-35,19-35)21(2)3/h6-10,15,20-21H,5,11-14,16-19H2,1-4H3,(H,39,45). The van der Waals surface area contributed by atoms with Gasteiger partial charge in [0.2, 0.25) is 17.6 Å². The van der Waals surface area contributed by atoms with E-state index in [0.29, 0.717) is 89.2 Å². The third-order valence-corrected chi connectivity index (χ3v) is 10.8. The second-order valence-electron chi connectivity index (χ2n) is 13.9. The Morgan fingerprint density at radius 1 is 1.08 bits per heavy atom. The van der Waals surface area contributed by atoms with Crippen molar-refractivity contribution in [1.82, 2.24) is 39.3 Å². The van der Waals surface area contributed by atoms with Gasteiger partial charge in [0.05, 0.1) is 18.4 Å². The lowest BCUT2D eigenvalue weighted by atomic mass is 9.36. The number of nitrogens with one attached hydrogen (secondary N) is 1. The lowest BCUT2D eigenvalue weighted by Crippen LogP contribution is -2.76. The average molecular weight is 666 g/mol. The number of fused-ring (bicyclic) bond motifs is 2. The van der Waals surface area contributed by atoms with E-state index in [1.807, 2.05) is 16.4 Å². The van der Waals surface area contributed by atoms with Gasteiger partial charge in [0.25, 0.3) is 11.5 Å². The molecule has 4 aliphatic rings. The summed E-state index contributed by atoms with van der Waals surface area (Å²) in [5.74, 6) is 1.33. The average Bonchev–Trinajstić information content (AvgIpc) is 3.75. The highest BCUT2D eigenvalue weighted by Gasteiger charge is 2.69. The molecule has 4 fully saturated rings. The highest BCUT2D eigenvalue weighted by atomic mass is 16.5. The van der Waals surface area contributed by atoms with Crippen LogP contribution in [0.5, 0.6) is 5.88 Å². The van der Waals surface area contributed by atoms with Crippen molar-refractivity contribution < 1.29 is 18.7 Å². The SMILES string of the molecule is CCc1c(N2CCN(C(=O)c3cccc4ncoc34)CC2)c(=O)n2nc(-c3ccnc(OC)c3)nc2n1CC(=O)NC12CC(C(C)C)(C1)C2. The van der Waals surface area contributed by atoms with Gasteiger partial charge in [0.1, 0.15) is 17.7 Å². The maximum atomic E-state index is 14.3. The first-order chi connectivity index (χ1) is 23.6. The zero-order valence-electron chi connectivity index (χ0n) is 28.1. The molecule has 14 heteroatoms. The van der Waals surface area contributed by atoms with Gasteiger partial charge in [-0.25, -0.2) is 9.97 Å². The first kappa shape index (κ1) is 31.0. The number of para-hydroxylation sites is 1. The van der Waals surface area contributed by atoms with Gasteiger partial charge in [-0.3, -0.25) is 14.4 Å². The van der Waals surface area contributed by atoms with Gasteiger partial charge in [0, 0.05) is 49.5 Å². The van der Waals surface area contributed by atoms with Crippen LogP contribution in [0.25, 0.3) is 28.3 Å². The molecule has 2 bridgehead atoms. The normalized spacial score (nSPS) is 21.6. The van der Waals surface area contributed by atoms with Crippen molar-refractivity contribution in [3.05, 3.63) is 64.5 Å². The summed E-state index contributed by atoms with van der Waals surface area (Å²) in [6.07, 6.45) is 6.42. The van der Waals surface area contributed by atoms with Crippen LogP contribution in [0.1, 0.15) is 56.1 Å². The highest BCUT2D eigenvalue weighted by Crippen LogP contribution is 2.70. The monoisotopic (exact) mass is 665 g/mol. The third kappa shape index (κ3) is 4.94. The fourth-order valence-corrected chi connectivity index (χ4v) is 8.16. The third-order valence-electron chi connectivity index (χ3n) is 10.8. The molecule has 2 amide bonds. The van der Waals surface area contributed by atoms with Gasteiger partial charge in [-0.05, 0) is 55.2 Å². The maximum Gasteiger partial charge on any atom is 0.299 e. The number of methoxy groups -OCH3 is 1. The number of rotatable bonds is 9. The van der Waals surface area contributed by atoms with E-state index in [1.54, 1.807) is 41.4 Å². The number of ether oxygens (including phenoxy) is 1. The number of nitrogens with zero attached hydrogens (tertiary/aromatic N) is 8. The van der Waals surface area contributed by atoms with E-state index in [2.05, 4.69) is 34.2 Å². The predicted molar refractivity (Wildman–Crippen MR) is 181 cm³/mol. The van der Waals surface area contributed by atoms with Crippen LogP contribution >= 0.6 is 0 Å². The number of benzene rings is 1. The Morgan fingerprint density at radius 2 is 1.86 bits per heavy atom. The molecule has 4 aromatic heterocycles. The topological polar surface area (TPSA) is 153 Å². The molecule has 0 atom stereocenters. The van der Waals surface area contributed by atoms with Gasteiger partial charge in [-0.1, -0.05) is 26.8 Å². The molecular weight excluding hydrogens is 626 g/mol. The summed E-state index contributed by atoms with van der Waals surface area (Å²) in [7, 11) is 1.53. The molecule has 0 radical (unpaired) electrons. The van der Waals surface area contributed by atoms with Crippen LogP contribution in [0.15, 0.2) is 52.1 Å². The maximum absolute atomic E-state index is 14.3. The van der Waals surface area contributed by atoms with Crippen LogP contribution in [-0.2, 0) is 17.8 Å². The minimum absolute atomic E-state index is 0.00613. The minimum atomic E-state index is -0.326. The minimum Gasteiger partial charge on any atom is -0.481 e. The van der Waals surface area contributed by atoms with Crippen molar-refractivity contribution in [1.29, 1.82) is 0 Å². The van der Waals surface area contributed by atoms with E-state index in [0.717, 1.165) is 19.3 Å². The van der Waals surface area contributed by atoms with Crippen LogP contribution in [0.2, 0.25) is 0 Å². The Kier molecular flexibility index (Phi) is 7.23. The number of pyridine rings is 1. The molecule has 1 aromatic carbocycles. The van der Waals surface area contributed by atoms with Crippen molar-refractivity contribution in [2.75, 3.05) is 38.2 Å². The number of amides is 2. The number of hydrogen-bond donors (Lipinski definition) is 1. The number of carbonyl (C=O) groups is 2. The molecule has 254 valence electrons. The van der Waals surface area contributed by atoms with E-state index in [9.17, 15) is 14.4 Å². The second kappa shape index (κ2) is 11.4. The molecule has 49 heavy (non-hydrogen) atoms. The fraction of sp³-hybridized carbons (Fsp3) is 0.457. The van der Waals surface area contributed by atoms with Crippen molar-refractivity contribution >= 4 is 34.4 Å². The van der Waals surface area contributed by atoms with Crippen molar-refractivity contribution in [3.63, 3.8) is 0 Å². The zero-order valence-corrected chi connectivity index (χ0v) is 28.1. The van der Waals surface area contributed by atoms with Crippen LogP contribution in [-0.4, -0.2) is 84.7 Å². The Morgan fingerprint density at radius 3 is 2.57 bits per heavy atom. The number of carbonyl (C=O) groups excluding carboxylic acids is 2. The summed E-state index contributed by atoms with van der Waals surface area (Å²) >= 11 is 0. The molecule has 1 aliphatic heterocycles. The number of hydrogen-bond acceptors (Lipinski definition) is 10. The molecule has 5 aromatic rings. The van der Waals surface area contributed by atoms with Crippen molar-refractivity contribution in [2.45, 2.75) is 58.5 Å². The summed E-state index contributed by atoms with van der Waals surface area (Å²) in [4.78, 5) is 58.5. The molecule has 14 nitrogen and oxygen atoms in total.